The van der Waals surface area contributed by atoms with Crippen LogP contribution in [0, 0.1) is 18.6 Å². The van der Waals surface area contributed by atoms with Crippen LogP contribution in [0.3, 0.4) is 0 Å². The zero-order valence-electron chi connectivity index (χ0n) is 12.9. The molecule has 0 atom stereocenters. The van der Waals surface area contributed by atoms with Gasteiger partial charge in [-0.3, -0.25) is 0 Å². The first-order chi connectivity index (χ1) is 11.6. The van der Waals surface area contributed by atoms with Gasteiger partial charge in [0, 0.05) is 22.9 Å². The molecule has 118 valence electrons. The average Bonchev–Trinajstić information content (AvgIpc) is 2.99. The van der Waals surface area contributed by atoms with Crippen LogP contribution >= 0.6 is 0 Å². The molecular formula is C19H13F2N3. The first-order valence-electron chi connectivity index (χ1n) is 7.49. The van der Waals surface area contributed by atoms with Gasteiger partial charge < -0.3 is 0 Å². The summed E-state index contributed by atoms with van der Waals surface area (Å²) in [5.74, 6) is -0.572. The summed E-state index contributed by atoms with van der Waals surface area (Å²) >= 11 is 0. The fourth-order valence-corrected chi connectivity index (χ4v) is 2.69. The third kappa shape index (κ3) is 2.54. The van der Waals surface area contributed by atoms with Gasteiger partial charge in [0.1, 0.15) is 11.6 Å². The van der Waals surface area contributed by atoms with Gasteiger partial charge in [-0.2, -0.15) is 5.10 Å². The van der Waals surface area contributed by atoms with Gasteiger partial charge in [-0.15, -0.1) is 0 Å². The standard InChI is InChI=1S/C19H13F2N3/c1-12-10-18(14-4-8-16(21)9-5-14)24-19(22-12)11-17(23-24)13-2-6-15(20)7-3-13/h2-11H,1H3. The molecule has 2 aromatic heterocycles. The summed E-state index contributed by atoms with van der Waals surface area (Å²) in [6, 6.07) is 16.2. The number of aryl methyl sites for hydroxylation is 1. The Kier molecular flexibility index (Phi) is 3.34. The van der Waals surface area contributed by atoms with E-state index in [-0.39, 0.29) is 11.6 Å². The van der Waals surface area contributed by atoms with Crippen LogP contribution in [0.1, 0.15) is 5.69 Å². The number of halogens is 2. The minimum absolute atomic E-state index is 0.284. The Morgan fingerprint density at radius 3 is 2.00 bits per heavy atom. The summed E-state index contributed by atoms with van der Waals surface area (Å²) < 4.78 is 28.0. The van der Waals surface area contributed by atoms with Crippen LogP contribution in [-0.2, 0) is 0 Å². The highest BCUT2D eigenvalue weighted by molar-refractivity contribution is 5.68. The number of hydrogen-bond acceptors (Lipinski definition) is 2. The lowest BCUT2D eigenvalue weighted by Crippen LogP contribution is -1.98. The predicted molar refractivity (Wildman–Crippen MR) is 88.5 cm³/mol. The van der Waals surface area contributed by atoms with Crippen molar-refractivity contribution in [3.8, 4) is 22.5 Å². The molecule has 4 aromatic rings. The zero-order valence-corrected chi connectivity index (χ0v) is 12.9. The lowest BCUT2D eigenvalue weighted by atomic mass is 10.1. The molecule has 0 aliphatic carbocycles. The van der Waals surface area contributed by atoms with Gasteiger partial charge in [-0.1, -0.05) is 0 Å². The van der Waals surface area contributed by atoms with Gasteiger partial charge in [0.2, 0.25) is 0 Å². The minimum Gasteiger partial charge on any atom is -0.234 e. The highest BCUT2D eigenvalue weighted by Crippen LogP contribution is 2.25. The SMILES string of the molecule is Cc1cc(-c2ccc(F)cc2)n2nc(-c3ccc(F)cc3)cc2n1. The molecule has 0 amide bonds. The molecule has 24 heavy (non-hydrogen) atoms. The number of aromatic nitrogens is 3. The maximum atomic E-state index is 13.2. The summed E-state index contributed by atoms with van der Waals surface area (Å²) in [4.78, 5) is 4.50. The van der Waals surface area contributed by atoms with Crippen LogP contribution in [0.15, 0.2) is 60.7 Å². The first-order valence-corrected chi connectivity index (χ1v) is 7.49. The normalized spacial score (nSPS) is 11.1. The Morgan fingerprint density at radius 1 is 0.792 bits per heavy atom. The van der Waals surface area contributed by atoms with Gasteiger partial charge in [0.25, 0.3) is 0 Å². The highest BCUT2D eigenvalue weighted by Gasteiger charge is 2.11. The van der Waals surface area contributed by atoms with Gasteiger partial charge in [-0.25, -0.2) is 18.3 Å². The van der Waals surface area contributed by atoms with Crippen molar-refractivity contribution in [3.05, 3.63) is 78.0 Å². The first kappa shape index (κ1) is 14.5. The fraction of sp³-hybridized carbons (Fsp3) is 0.0526. The van der Waals surface area contributed by atoms with Crippen LogP contribution in [0.25, 0.3) is 28.2 Å². The van der Waals surface area contributed by atoms with Crippen molar-refractivity contribution < 1.29 is 8.78 Å². The lowest BCUT2D eigenvalue weighted by molar-refractivity contribution is 0.627. The molecule has 3 nitrogen and oxygen atoms in total. The average molecular weight is 321 g/mol. The van der Waals surface area contributed by atoms with E-state index in [4.69, 9.17) is 0 Å². The van der Waals surface area contributed by atoms with Crippen LogP contribution in [0.4, 0.5) is 8.78 Å². The smallest absolute Gasteiger partial charge is 0.156 e. The topological polar surface area (TPSA) is 30.2 Å². The second kappa shape index (κ2) is 5.53. The molecule has 0 saturated carbocycles. The maximum absolute atomic E-state index is 13.2. The molecule has 4 rings (SSSR count). The van der Waals surface area contributed by atoms with Crippen molar-refractivity contribution in [2.45, 2.75) is 6.92 Å². The third-order valence-corrected chi connectivity index (χ3v) is 3.84. The highest BCUT2D eigenvalue weighted by atomic mass is 19.1. The minimum atomic E-state index is -0.288. The molecule has 0 bridgehead atoms. The molecule has 0 radical (unpaired) electrons. The fourth-order valence-electron chi connectivity index (χ4n) is 2.69. The molecule has 2 aromatic carbocycles. The molecule has 0 fully saturated rings. The van der Waals surface area contributed by atoms with E-state index < -0.39 is 0 Å². The molecule has 5 heteroatoms. The Hall–Kier alpha value is -3.08. The van der Waals surface area contributed by atoms with Gasteiger partial charge in [-0.05, 0) is 61.5 Å². The van der Waals surface area contributed by atoms with Crippen molar-refractivity contribution >= 4 is 5.65 Å². The van der Waals surface area contributed by atoms with E-state index in [9.17, 15) is 8.78 Å². The van der Waals surface area contributed by atoms with E-state index in [1.165, 1.54) is 24.3 Å². The molecule has 0 N–H and O–H groups in total. The van der Waals surface area contributed by atoms with E-state index in [1.807, 2.05) is 19.1 Å². The summed E-state index contributed by atoms with van der Waals surface area (Å²) in [6.45, 7) is 1.90. The number of hydrogen-bond donors (Lipinski definition) is 0. The van der Waals surface area contributed by atoms with Crippen LogP contribution in [0.2, 0.25) is 0 Å². The largest absolute Gasteiger partial charge is 0.234 e. The molecule has 0 aliphatic heterocycles. The number of fused-ring (bicyclic) bond motifs is 1. The maximum Gasteiger partial charge on any atom is 0.156 e. The van der Waals surface area contributed by atoms with E-state index in [0.29, 0.717) is 11.3 Å². The van der Waals surface area contributed by atoms with Gasteiger partial charge >= 0.3 is 0 Å². The van der Waals surface area contributed by atoms with Crippen molar-refractivity contribution in [1.29, 1.82) is 0 Å². The Bertz CT molecular complexity index is 1020. The monoisotopic (exact) mass is 321 g/mol. The third-order valence-electron chi connectivity index (χ3n) is 3.84. The lowest BCUT2D eigenvalue weighted by Gasteiger charge is -2.06. The zero-order chi connectivity index (χ0) is 16.7. The van der Waals surface area contributed by atoms with E-state index in [1.54, 1.807) is 28.8 Å². The van der Waals surface area contributed by atoms with Gasteiger partial charge in [0.05, 0.1) is 11.4 Å². The van der Waals surface area contributed by atoms with Crippen molar-refractivity contribution in [3.63, 3.8) is 0 Å². The van der Waals surface area contributed by atoms with Crippen LogP contribution < -0.4 is 0 Å². The molecule has 0 spiro atoms. The summed E-state index contributed by atoms with van der Waals surface area (Å²) in [7, 11) is 0. The summed E-state index contributed by atoms with van der Waals surface area (Å²) in [5.41, 5.74) is 4.72. The van der Waals surface area contributed by atoms with Crippen molar-refractivity contribution in [2.75, 3.05) is 0 Å². The second-order valence-corrected chi connectivity index (χ2v) is 5.60. The summed E-state index contributed by atoms with van der Waals surface area (Å²) in [6.07, 6.45) is 0. The van der Waals surface area contributed by atoms with Crippen molar-refractivity contribution in [1.82, 2.24) is 14.6 Å². The van der Waals surface area contributed by atoms with E-state index in [2.05, 4.69) is 10.1 Å². The number of rotatable bonds is 2. The predicted octanol–water partition coefficient (Wildman–Crippen LogP) is 4.65. The Morgan fingerprint density at radius 2 is 1.38 bits per heavy atom. The van der Waals surface area contributed by atoms with Gasteiger partial charge in [0.15, 0.2) is 5.65 Å². The van der Waals surface area contributed by atoms with Crippen LogP contribution in [0.5, 0.6) is 0 Å². The van der Waals surface area contributed by atoms with Crippen molar-refractivity contribution in [2.24, 2.45) is 0 Å². The number of benzene rings is 2. The molecular weight excluding hydrogens is 308 g/mol. The van der Waals surface area contributed by atoms with E-state index >= 15 is 0 Å². The molecule has 0 saturated heterocycles. The Labute approximate surface area is 137 Å². The number of nitrogens with zero attached hydrogens (tertiary/aromatic N) is 3. The molecule has 2 heterocycles. The molecule has 0 aliphatic rings. The quantitative estimate of drug-likeness (QED) is 0.538. The molecule has 0 unspecified atom stereocenters. The summed E-state index contributed by atoms with van der Waals surface area (Å²) in [5, 5.41) is 4.59. The van der Waals surface area contributed by atoms with E-state index in [0.717, 1.165) is 22.5 Å². The van der Waals surface area contributed by atoms with Crippen LogP contribution in [-0.4, -0.2) is 14.6 Å². The second-order valence-electron chi connectivity index (χ2n) is 5.60. The Balaban J connectivity index is 1.91.